The van der Waals surface area contributed by atoms with Gasteiger partial charge in [-0.15, -0.1) is 0 Å². The Balaban J connectivity index is 3.94. The molecule has 0 heterocycles. The summed E-state index contributed by atoms with van der Waals surface area (Å²) >= 11 is 0. The second kappa shape index (κ2) is 5.97. The third kappa shape index (κ3) is 6.44. The Bertz CT molecular complexity index is 265. The number of hydrogen-bond donors (Lipinski definition) is 3. The SMILES string of the molecule is CC(O)CC(=O)OC(=O)CN(C)C(=N)N. The summed E-state index contributed by atoms with van der Waals surface area (Å²) < 4.78 is 4.35. The number of rotatable bonds is 4. The van der Waals surface area contributed by atoms with E-state index in [0.29, 0.717) is 0 Å². The van der Waals surface area contributed by atoms with Crippen LogP contribution in [0.4, 0.5) is 0 Å². The molecule has 1 atom stereocenters. The molecule has 0 radical (unpaired) electrons. The molecular weight excluding hydrogens is 202 g/mol. The monoisotopic (exact) mass is 217 g/mol. The Kier molecular flexibility index (Phi) is 5.32. The van der Waals surface area contributed by atoms with Gasteiger partial charge in [-0.3, -0.25) is 10.2 Å². The van der Waals surface area contributed by atoms with E-state index in [4.69, 9.17) is 16.2 Å². The number of ether oxygens (including phenoxy) is 1. The van der Waals surface area contributed by atoms with Crippen molar-refractivity contribution in [1.29, 1.82) is 5.41 Å². The zero-order valence-electron chi connectivity index (χ0n) is 8.69. The van der Waals surface area contributed by atoms with Crippen LogP contribution in [-0.2, 0) is 14.3 Å². The van der Waals surface area contributed by atoms with Gasteiger partial charge in [0.2, 0.25) is 0 Å². The van der Waals surface area contributed by atoms with Crippen LogP contribution >= 0.6 is 0 Å². The van der Waals surface area contributed by atoms with Gasteiger partial charge in [-0.25, -0.2) is 4.79 Å². The number of carbonyl (C=O) groups excluding carboxylic acids is 2. The van der Waals surface area contributed by atoms with Gasteiger partial charge in [-0.1, -0.05) is 0 Å². The topological polar surface area (TPSA) is 117 Å². The summed E-state index contributed by atoms with van der Waals surface area (Å²) in [4.78, 5) is 23.1. The Labute approximate surface area is 87.3 Å². The van der Waals surface area contributed by atoms with Crippen molar-refractivity contribution in [2.24, 2.45) is 5.73 Å². The van der Waals surface area contributed by atoms with Gasteiger partial charge in [0.15, 0.2) is 5.96 Å². The summed E-state index contributed by atoms with van der Waals surface area (Å²) in [6, 6.07) is 0. The minimum Gasteiger partial charge on any atom is -0.393 e. The van der Waals surface area contributed by atoms with Crippen molar-refractivity contribution in [3.8, 4) is 0 Å². The maximum Gasteiger partial charge on any atom is 0.333 e. The first-order valence-electron chi connectivity index (χ1n) is 4.29. The van der Waals surface area contributed by atoms with E-state index in [1.165, 1.54) is 14.0 Å². The third-order valence-corrected chi connectivity index (χ3v) is 1.47. The van der Waals surface area contributed by atoms with E-state index in [2.05, 4.69) is 4.74 Å². The minimum absolute atomic E-state index is 0.241. The first-order valence-corrected chi connectivity index (χ1v) is 4.29. The zero-order chi connectivity index (χ0) is 12.0. The Morgan fingerprint density at radius 2 is 2.07 bits per heavy atom. The quantitative estimate of drug-likeness (QED) is 0.232. The molecule has 7 nitrogen and oxygen atoms in total. The summed E-state index contributed by atoms with van der Waals surface area (Å²) in [5, 5.41) is 15.8. The second-order valence-electron chi connectivity index (χ2n) is 3.14. The number of carbonyl (C=O) groups is 2. The van der Waals surface area contributed by atoms with Crippen molar-refractivity contribution >= 4 is 17.9 Å². The molecule has 1 unspecified atom stereocenters. The Morgan fingerprint density at radius 3 is 2.47 bits per heavy atom. The molecule has 0 fully saturated rings. The van der Waals surface area contributed by atoms with E-state index in [1.807, 2.05) is 0 Å². The molecule has 0 aliphatic rings. The molecule has 0 bridgehead atoms. The number of nitrogens with two attached hydrogens (primary N) is 1. The predicted octanol–water partition coefficient (Wildman–Crippen LogP) is -1.35. The van der Waals surface area contributed by atoms with Crippen LogP contribution in [-0.4, -0.2) is 47.6 Å². The lowest BCUT2D eigenvalue weighted by Gasteiger charge is -2.14. The van der Waals surface area contributed by atoms with Crippen LogP contribution in [0.25, 0.3) is 0 Å². The van der Waals surface area contributed by atoms with E-state index in [0.717, 1.165) is 4.90 Å². The zero-order valence-corrected chi connectivity index (χ0v) is 8.69. The van der Waals surface area contributed by atoms with Gasteiger partial charge in [0, 0.05) is 7.05 Å². The van der Waals surface area contributed by atoms with Crippen LogP contribution < -0.4 is 5.73 Å². The largest absolute Gasteiger partial charge is 0.393 e. The van der Waals surface area contributed by atoms with Gasteiger partial charge in [0.1, 0.15) is 6.54 Å². The highest BCUT2D eigenvalue weighted by Gasteiger charge is 2.14. The lowest BCUT2D eigenvalue weighted by Crippen LogP contribution is -2.38. The number of nitrogens with zero attached hydrogens (tertiary/aromatic N) is 1. The molecule has 0 aliphatic heterocycles. The molecule has 0 spiro atoms. The number of nitrogens with one attached hydrogen (secondary N) is 1. The van der Waals surface area contributed by atoms with Crippen molar-refractivity contribution in [1.82, 2.24) is 4.90 Å². The fraction of sp³-hybridized carbons (Fsp3) is 0.625. The van der Waals surface area contributed by atoms with Crippen LogP contribution in [0.2, 0.25) is 0 Å². The molecule has 86 valence electrons. The summed E-state index contributed by atoms with van der Waals surface area (Å²) in [5.41, 5.74) is 5.07. The number of guanidine groups is 1. The molecule has 0 aliphatic carbocycles. The third-order valence-electron chi connectivity index (χ3n) is 1.47. The predicted molar refractivity (Wildman–Crippen MR) is 51.9 cm³/mol. The van der Waals surface area contributed by atoms with Gasteiger partial charge in [0.05, 0.1) is 12.5 Å². The maximum absolute atomic E-state index is 11.0. The van der Waals surface area contributed by atoms with Crippen LogP contribution in [0.5, 0.6) is 0 Å². The van der Waals surface area contributed by atoms with Crippen LogP contribution in [0.3, 0.4) is 0 Å². The highest BCUT2D eigenvalue weighted by Crippen LogP contribution is 1.94. The summed E-state index contributed by atoms with van der Waals surface area (Å²) in [6.45, 7) is 1.13. The summed E-state index contributed by atoms with van der Waals surface area (Å²) in [6.07, 6.45) is -1.09. The van der Waals surface area contributed by atoms with E-state index in [9.17, 15) is 9.59 Å². The highest BCUT2D eigenvalue weighted by molar-refractivity contribution is 5.88. The van der Waals surface area contributed by atoms with Crippen molar-refractivity contribution in [2.75, 3.05) is 13.6 Å². The minimum atomic E-state index is -0.851. The Hall–Kier alpha value is -1.63. The first-order chi connectivity index (χ1) is 6.82. The molecular formula is C8H15N3O4. The number of esters is 2. The fourth-order valence-electron chi connectivity index (χ4n) is 0.721. The lowest BCUT2D eigenvalue weighted by atomic mass is 10.3. The van der Waals surface area contributed by atoms with E-state index < -0.39 is 18.0 Å². The van der Waals surface area contributed by atoms with E-state index >= 15 is 0 Å². The molecule has 0 rings (SSSR count). The van der Waals surface area contributed by atoms with Gasteiger partial charge < -0.3 is 20.5 Å². The van der Waals surface area contributed by atoms with Gasteiger partial charge in [-0.2, -0.15) is 0 Å². The molecule has 0 aromatic rings. The molecule has 0 saturated carbocycles. The number of hydrogen-bond acceptors (Lipinski definition) is 5. The van der Waals surface area contributed by atoms with Crippen LogP contribution in [0, 0.1) is 5.41 Å². The van der Waals surface area contributed by atoms with Gasteiger partial charge in [-0.05, 0) is 6.92 Å². The lowest BCUT2D eigenvalue weighted by molar-refractivity contribution is -0.160. The number of aliphatic hydroxyl groups excluding tert-OH is 1. The summed E-state index contributed by atoms with van der Waals surface area (Å²) in [7, 11) is 1.42. The standard InChI is InChI=1S/C8H15N3O4/c1-5(12)3-6(13)15-7(14)4-11(2)8(9)10/h5,12H,3-4H2,1-2H3,(H3,9,10). The molecule has 15 heavy (non-hydrogen) atoms. The second-order valence-corrected chi connectivity index (χ2v) is 3.14. The fourth-order valence-corrected chi connectivity index (χ4v) is 0.721. The number of likely N-dealkylation sites (N-methyl/N-ethyl adjacent to an activating group) is 1. The van der Waals surface area contributed by atoms with Gasteiger partial charge in [0.25, 0.3) is 0 Å². The molecule has 0 aromatic carbocycles. The number of aliphatic hydroxyl groups is 1. The van der Waals surface area contributed by atoms with Gasteiger partial charge >= 0.3 is 11.9 Å². The molecule has 4 N–H and O–H groups in total. The van der Waals surface area contributed by atoms with E-state index in [1.54, 1.807) is 0 Å². The smallest absolute Gasteiger partial charge is 0.333 e. The maximum atomic E-state index is 11.0. The highest BCUT2D eigenvalue weighted by atomic mass is 16.6. The molecule has 0 saturated heterocycles. The van der Waals surface area contributed by atoms with Crippen LogP contribution in [0.15, 0.2) is 0 Å². The summed E-state index contributed by atoms with van der Waals surface area (Å²) in [5.74, 6) is -1.90. The molecule has 0 amide bonds. The molecule has 7 heteroatoms. The van der Waals surface area contributed by atoms with Crippen molar-refractivity contribution in [3.63, 3.8) is 0 Å². The first kappa shape index (κ1) is 13.4. The van der Waals surface area contributed by atoms with Crippen molar-refractivity contribution < 1.29 is 19.4 Å². The Morgan fingerprint density at radius 1 is 1.53 bits per heavy atom. The van der Waals surface area contributed by atoms with Crippen LogP contribution in [0.1, 0.15) is 13.3 Å². The van der Waals surface area contributed by atoms with Crippen molar-refractivity contribution in [3.05, 3.63) is 0 Å². The normalized spacial score (nSPS) is 11.7. The molecule has 0 aromatic heterocycles. The van der Waals surface area contributed by atoms with E-state index in [-0.39, 0.29) is 18.9 Å². The van der Waals surface area contributed by atoms with Crippen molar-refractivity contribution in [2.45, 2.75) is 19.4 Å². The average molecular weight is 217 g/mol. The average Bonchev–Trinajstić information content (AvgIpc) is 2.00.